The van der Waals surface area contributed by atoms with Crippen molar-refractivity contribution in [1.82, 2.24) is 4.98 Å². The zero-order valence-corrected chi connectivity index (χ0v) is 11.3. The lowest BCUT2D eigenvalue weighted by atomic mass is 10.0. The summed E-state index contributed by atoms with van der Waals surface area (Å²) in [7, 11) is 3.16. The summed E-state index contributed by atoms with van der Waals surface area (Å²) >= 11 is 0. The number of hydrogen-bond acceptors (Lipinski definition) is 4. The molecule has 2 aromatic rings. The third-order valence-electron chi connectivity index (χ3n) is 3.04. The van der Waals surface area contributed by atoms with Crippen LogP contribution in [0.5, 0.6) is 11.5 Å². The molecular weight excluding hydrogens is 242 g/mol. The van der Waals surface area contributed by atoms with Crippen molar-refractivity contribution < 1.29 is 14.6 Å². The molecule has 100 valence electrons. The highest BCUT2D eigenvalue weighted by molar-refractivity contribution is 5.45. The van der Waals surface area contributed by atoms with Crippen LogP contribution in [0.3, 0.4) is 0 Å². The van der Waals surface area contributed by atoms with Gasteiger partial charge >= 0.3 is 0 Å². The summed E-state index contributed by atoms with van der Waals surface area (Å²) in [6, 6.07) is 9.09. The summed E-state index contributed by atoms with van der Waals surface area (Å²) in [5.74, 6) is 1.27. The number of rotatable bonds is 4. The molecule has 0 spiro atoms. The Bertz CT molecular complexity index is 569. The Balaban J connectivity index is 2.44. The molecule has 1 unspecified atom stereocenters. The topological polar surface area (TPSA) is 51.6 Å². The molecule has 0 fully saturated rings. The third kappa shape index (κ3) is 2.69. The van der Waals surface area contributed by atoms with Gasteiger partial charge in [-0.15, -0.1) is 0 Å². The highest BCUT2D eigenvalue weighted by Gasteiger charge is 2.18. The largest absolute Gasteiger partial charge is 0.497 e. The van der Waals surface area contributed by atoms with Crippen LogP contribution >= 0.6 is 0 Å². The number of aromatic nitrogens is 1. The van der Waals surface area contributed by atoms with Gasteiger partial charge < -0.3 is 14.6 Å². The van der Waals surface area contributed by atoms with Gasteiger partial charge in [0.1, 0.15) is 17.6 Å². The highest BCUT2D eigenvalue weighted by atomic mass is 16.5. The van der Waals surface area contributed by atoms with Gasteiger partial charge in [-0.2, -0.15) is 0 Å². The van der Waals surface area contributed by atoms with Crippen LogP contribution in [0.1, 0.15) is 22.9 Å². The molecule has 0 aliphatic heterocycles. The van der Waals surface area contributed by atoms with Crippen molar-refractivity contribution in [3.8, 4) is 11.5 Å². The van der Waals surface area contributed by atoms with Gasteiger partial charge in [0.25, 0.3) is 0 Å². The van der Waals surface area contributed by atoms with Gasteiger partial charge in [-0.25, -0.2) is 0 Å². The summed E-state index contributed by atoms with van der Waals surface area (Å²) in [6.45, 7) is 1.92. The molecule has 1 N–H and O–H groups in total. The number of benzene rings is 1. The van der Waals surface area contributed by atoms with Crippen molar-refractivity contribution in [2.45, 2.75) is 13.0 Å². The van der Waals surface area contributed by atoms with Crippen LogP contribution in [0.15, 0.2) is 36.5 Å². The van der Waals surface area contributed by atoms with E-state index in [2.05, 4.69) is 4.98 Å². The lowest BCUT2D eigenvalue weighted by molar-refractivity contribution is 0.209. The fourth-order valence-corrected chi connectivity index (χ4v) is 1.98. The molecule has 0 amide bonds. The Morgan fingerprint density at radius 3 is 2.58 bits per heavy atom. The van der Waals surface area contributed by atoms with Crippen molar-refractivity contribution in [1.29, 1.82) is 0 Å². The molecule has 1 atom stereocenters. The molecule has 19 heavy (non-hydrogen) atoms. The van der Waals surface area contributed by atoms with Crippen LogP contribution in [0.2, 0.25) is 0 Å². The van der Waals surface area contributed by atoms with Crippen molar-refractivity contribution in [3.05, 3.63) is 53.3 Å². The number of methoxy groups -OCH3 is 2. The van der Waals surface area contributed by atoms with Gasteiger partial charge in [-0.1, -0.05) is 6.07 Å². The summed E-state index contributed by atoms with van der Waals surface area (Å²) < 4.78 is 10.4. The first-order chi connectivity index (χ1) is 9.17. The Labute approximate surface area is 112 Å². The van der Waals surface area contributed by atoms with Crippen molar-refractivity contribution in [2.24, 2.45) is 0 Å². The first-order valence-electron chi connectivity index (χ1n) is 5.99. The van der Waals surface area contributed by atoms with E-state index in [1.165, 1.54) is 0 Å². The number of ether oxygens (including phenoxy) is 2. The van der Waals surface area contributed by atoms with E-state index in [-0.39, 0.29) is 0 Å². The summed E-state index contributed by atoms with van der Waals surface area (Å²) in [6.07, 6.45) is 0.851. The number of aryl methyl sites for hydroxylation is 1. The van der Waals surface area contributed by atoms with E-state index in [9.17, 15) is 5.11 Å². The molecule has 1 heterocycles. The Morgan fingerprint density at radius 1 is 1.16 bits per heavy atom. The Hall–Kier alpha value is -2.07. The van der Waals surface area contributed by atoms with Gasteiger partial charge in [-0.05, 0) is 30.7 Å². The van der Waals surface area contributed by atoms with Crippen LogP contribution in [-0.2, 0) is 0 Å². The van der Waals surface area contributed by atoms with Crippen molar-refractivity contribution in [3.63, 3.8) is 0 Å². The predicted octanol–water partition coefficient (Wildman–Crippen LogP) is 2.49. The fourth-order valence-electron chi connectivity index (χ4n) is 1.98. The molecule has 0 radical (unpaired) electrons. The lowest BCUT2D eigenvalue weighted by Crippen LogP contribution is -2.06. The third-order valence-corrected chi connectivity index (χ3v) is 3.04. The lowest BCUT2D eigenvalue weighted by Gasteiger charge is -2.16. The number of hydrogen-bond donors (Lipinski definition) is 1. The average Bonchev–Trinajstić information content (AvgIpc) is 2.46. The molecule has 4 nitrogen and oxygen atoms in total. The number of pyridine rings is 1. The van der Waals surface area contributed by atoms with E-state index in [4.69, 9.17) is 9.47 Å². The monoisotopic (exact) mass is 259 g/mol. The van der Waals surface area contributed by atoms with E-state index in [0.29, 0.717) is 22.8 Å². The SMILES string of the molecule is COc1ccc(C(O)c2ncccc2C)c(OC)c1. The quantitative estimate of drug-likeness (QED) is 0.916. The minimum atomic E-state index is -0.818. The molecule has 1 aromatic carbocycles. The standard InChI is InChI=1S/C15H17NO3/c1-10-5-4-8-16-14(10)15(17)12-7-6-11(18-2)9-13(12)19-3/h4-9,15,17H,1-3H3. The molecule has 0 bridgehead atoms. The molecule has 0 aliphatic carbocycles. The van der Waals surface area contributed by atoms with Crippen molar-refractivity contribution >= 4 is 0 Å². The summed E-state index contributed by atoms with van der Waals surface area (Å²) in [5.41, 5.74) is 2.24. The first-order valence-corrected chi connectivity index (χ1v) is 5.99. The minimum Gasteiger partial charge on any atom is -0.497 e. The van der Waals surface area contributed by atoms with Crippen LogP contribution in [-0.4, -0.2) is 24.3 Å². The van der Waals surface area contributed by atoms with Gasteiger partial charge in [0, 0.05) is 17.8 Å². The number of aliphatic hydroxyl groups is 1. The maximum Gasteiger partial charge on any atom is 0.128 e. The van der Waals surface area contributed by atoms with E-state index in [1.807, 2.05) is 19.1 Å². The van der Waals surface area contributed by atoms with Crippen LogP contribution in [0.25, 0.3) is 0 Å². The van der Waals surface area contributed by atoms with Gasteiger partial charge in [0.15, 0.2) is 0 Å². The van der Waals surface area contributed by atoms with Crippen molar-refractivity contribution in [2.75, 3.05) is 14.2 Å². The normalized spacial score (nSPS) is 12.0. The number of aliphatic hydroxyl groups excluding tert-OH is 1. The Kier molecular flexibility index (Phi) is 4.02. The Morgan fingerprint density at radius 2 is 1.95 bits per heavy atom. The van der Waals surface area contributed by atoms with Crippen LogP contribution in [0.4, 0.5) is 0 Å². The summed E-state index contributed by atoms with van der Waals surface area (Å²) in [5, 5.41) is 10.5. The second kappa shape index (κ2) is 5.71. The average molecular weight is 259 g/mol. The van der Waals surface area contributed by atoms with E-state index in [0.717, 1.165) is 5.56 Å². The first kappa shape index (κ1) is 13.4. The molecule has 0 saturated carbocycles. The van der Waals surface area contributed by atoms with E-state index in [1.54, 1.807) is 38.6 Å². The fraction of sp³-hybridized carbons (Fsp3) is 0.267. The molecule has 1 aromatic heterocycles. The predicted molar refractivity (Wildman–Crippen MR) is 72.6 cm³/mol. The van der Waals surface area contributed by atoms with E-state index < -0.39 is 6.10 Å². The van der Waals surface area contributed by atoms with Crippen LogP contribution < -0.4 is 9.47 Å². The molecule has 0 aliphatic rings. The maximum absolute atomic E-state index is 10.5. The van der Waals surface area contributed by atoms with E-state index >= 15 is 0 Å². The zero-order chi connectivity index (χ0) is 13.8. The zero-order valence-electron chi connectivity index (χ0n) is 11.3. The van der Waals surface area contributed by atoms with Gasteiger partial charge in [0.2, 0.25) is 0 Å². The minimum absolute atomic E-state index is 0.580. The summed E-state index contributed by atoms with van der Waals surface area (Å²) in [4.78, 5) is 4.24. The second-order valence-corrected chi connectivity index (χ2v) is 4.22. The molecule has 0 saturated heterocycles. The van der Waals surface area contributed by atoms with Gasteiger partial charge in [0.05, 0.1) is 19.9 Å². The molecule has 2 rings (SSSR count). The highest BCUT2D eigenvalue weighted by Crippen LogP contribution is 2.33. The molecule has 4 heteroatoms. The molecular formula is C15H17NO3. The van der Waals surface area contributed by atoms with Crippen LogP contribution in [0, 0.1) is 6.92 Å². The maximum atomic E-state index is 10.5. The number of nitrogens with zero attached hydrogens (tertiary/aromatic N) is 1. The second-order valence-electron chi connectivity index (χ2n) is 4.22. The smallest absolute Gasteiger partial charge is 0.128 e. The van der Waals surface area contributed by atoms with Gasteiger partial charge in [-0.3, -0.25) is 4.98 Å².